The van der Waals surface area contributed by atoms with Crippen LogP contribution in [0.15, 0.2) is 12.4 Å². The Morgan fingerprint density at radius 1 is 1.00 bits per heavy atom. The Balaban J connectivity index is 0. The molecule has 1 aliphatic heterocycles. The Morgan fingerprint density at radius 3 is 1.89 bits per heavy atom. The molecule has 0 aromatic rings. The predicted molar refractivity (Wildman–Crippen MR) is 67.3 cm³/mol. The molecule has 9 heteroatoms. The molecule has 1 heterocycles. The molecule has 0 amide bonds. The summed E-state index contributed by atoms with van der Waals surface area (Å²) in [4.78, 5) is 4.58. The third kappa shape index (κ3) is 19.9. The van der Waals surface area contributed by atoms with Crippen molar-refractivity contribution in [2.75, 3.05) is 20.3 Å². The van der Waals surface area contributed by atoms with Crippen LogP contribution in [0.5, 0.6) is 0 Å². The number of hydrogen-bond donors (Lipinski definition) is 0. The molecule has 1 aliphatic rings. The minimum absolute atomic E-state index is 0. The average Bonchev–Trinajstić information content (AvgIpc) is 2.54. The Kier molecular flexibility index (Phi) is 5.57. The van der Waals surface area contributed by atoms with Crippen LogP contribution in [0, 0.1) is 0 Å². The Bertz CT molecular complexity index is 293. The molecule has 0 aliphatic carbocycles. The summed E-state index contributed by atoms with van der Waals surface area (Å²) in [6.45, 7) is 4.55. The van der Waals surface area contributed by atoms with Gasteiger partial charge in [-0.1, -0.05) is 26.2 Å². The molecule has 0 aromatic heterocycles. The second-order valence-electron chi connectivity index (χ2n) is 4.53. The van der Waals surface area contributed by atoms with E-state index in [0.717, 1.165) is 6.67 Å². The van der Waals surface area contributed by atoms with Crippen molar-refractivity contribution in [3.05, 3.63) is 12.4 Å². The van der Waals surface area contributed by atoms with Crippen molar-refractivity contribution >= 4 is 7.81 Å². The molecule has 0 spiro atoms. The first-order chi connectivity index (χ1) is 8.28. The monoisotopic (exact) mass is 314 g/mol. The number of nitrogens with zero attached hydrogens (tertiary/aromatic N) is 2. The quantitative estimate of drug-likeness (QED) is 0.363. The molecule has 118 valence electrons. The van der Waals surface area contributed by atoms with Gasteiger partial charge in [0.15, 0.2) is 0 Å². The molecule has 0 aromatic carbocycles. The summed E-state index contributed by atoms with van der Waals surface area (Å²) in [5.74, 6) is 0. The average molecular weight is 314 g/mol. The molecule has 0 saturated carbocycles. The molecule has 1 rings (SSSR count). The van der Waals surface area contributed by atoms with E-state index >= 15 is 0 Å². The number of unbranched alkanes of at least 4 members (excludes halogenated alkanes) is 3. The normalized spacial score (nSPS) is 18.7. The second kappa shape index (κ2) is 5.77. The van der Waals surface area contributed by atoms with Crippen molar-refractivity contribution in [2.45, 2.75) is 32.6 Å². The van der Waals surface area contributed by atoms with Gasteiger partial charge in [-0.2, -0.15) is 0 Å². The first-order valence-corrected chi connectivity index (χ1v) is 8.00. The van der Waals surface area contributed by atoms with Crippen LogP contribution >= 0.6 is 7.81 Å². The summed E-state index contributed by atoms with van der Waals surface area (Å²) in [5.41, 5.74) is 0. The van der Waals surface area contributed by atoms with Gasteiger partial charge in [-0.25, -0.2) is 0 Å². The zero-order chi connectivity index (χ0) is 15.2. The summed E-state index contributed by atoms with van der Waals surface area (Å²) in [7, 11) is -8.54. The van der Waals surface area contributed by atoms with Gasteiger partial charge in [0, 0.05) is 26.0 Å². The fourth-order valence-electron chi connectivity index (χ4n) is 1.48. The molecule has 0 radical (unpaired) electrons. The van der Waals surface area contributed by atoms with Crippen LogP contribution in [0.3, 0.4) is 0 Å². The molecular weight excluding hydrogens is 293 g/mol. The van der Waals surface area contributed by atoms with Gasteiger partial charge >= 0.3 is 34.4 Å². The maximum Gasteiger partial charge on any atom is 1.00 e. The molecule has 2 nitrogen and oxygen atoms in total. The van der Waals surface area contributed by atoms with Crippen LogP contribution in [0.4, 0.5) is 25.2 Å². The minimum Gasteiger partial charge on any atom is 1.00 e. The summed E-state index contributed by atoms with van der Waals surface area (Å²) >= 11 is 0. The Labute approximate surface area is 110 Å². The van der Waals surface area contributed by atoms with Crippen LogP contribution in [0.2, 0.25) is 0 Å². The summed E-state index contributed by atoms with van der Waals surface area (Å²) in [6, 6.07) is 0. The molecule has 0 N–H and O–H groups in total. The SMILES string of the molecule is CCCCCCN1C=CN(C)C1.F[P-](F)(F)(F)(F)F.[H+]. The topological polar surface area (TPSA) is 6.48 Å². The Morgan fingerprint density at radius 2 is 1.53 bits per heavy atom. The van der Waals surface area contributed by atoms with E-state index in [-0.39, 0.29) is 1.43 Å². The summed E-state index contributed by atoms with van der Waals surface area (Å²) in [5, 5.41) is 0. The van der Waals surface area contributed by atoms with Crippen LogP contribution < -0.4 is 0 Å². The molecule has 0 bridgehead atoms. The van der Waals surface area contributed by atoms with Gasteiger partial charge in [0.1, 0.15) is 0 Å². The molecule has 0 atom stereocenters. The summed E-state index contributed by atoms with van der Waals surface area (Å²) < 4.78 is 59.2. The van der Waals surface area contributed by atoms with Crippen LogP contribution in [-0.2, 0) is 0 Å². The van der Waals surface area contributed by atoms with E-state index in [0.29, 0.717) is 0 Å². The smallest absolute Gasteiger partial charge is 1.00 e. The first-order valence-electron chi connectivity index (χ1n) is 5.97. The van der Waals surface area contributed by atoms with E-state index < -0.39 is 7.81 Å². The predicted octanol–water partition coefficient (Wildman–Crippen LogP) is 5.74. The largest absolute Gasteiger partial charge is 1.00 e. The molecule has 19 heavy (non-hydrogen) atoms. The van der Waals surface area contributed by atoms with Gasteiger partial charge in [0.05, 0.1) is 6.67 Å². The van der Waals surface area contributed by atoms with Gasteiger partial charge in [-0.05, 0) is 6.42 Å². The maximum absolute atomic E-state index is 10.7. The van der Waals surface area contributed by atoms with Crippen molar-refractivity contribution in [3.8, 4) is 0 Å². The first kappa shape index (κ1) is 18.4. The molecule has 0 saturated heterocycles. The fourth-order valence-corrected chi connectivity index (χ4v) is 1.48. The van der Waals surface area contributed by atoms with Crippen molar-refractivity contribution in [2.24, 2.45) is 0 Å². The van der Waals surface area contributed by atoms with E-state index in [1.165, 1.54) is 32.2 Å². The maximum atomic E-state index is 9.87. The molecule has 0 fully saturated rings. The molecular formula is C10H21F6N2P. The Hall–Kier alpha value is -0.650. The van der Waals surface area contributed by atoms with E-state index in [1.54, 1.807) is 0 Å². The van der Waals surface area contributed by atoms with E-state index in [1.807, 2.05) is 0 Å². The number of rotatable bonds is 5. The minimum atomic E-state index is -10.7. The van der Waals surface area contributed by atoms with E-state index in [4.69, 9.17) is 0 Å². The van der Waals surface area contributed by atoms with Crippen LogP contribution in [0.1, 0.15) is 34.0 Å². The van der Waals surface area contributed by atoms with Gasteiger partial charge in [0.25, 0.3) is 0 Å². The third-order valence-corrected chi connectivity index (χ3v) is 2.24. The summed E-state index contributed by atoms with van der Waals surface area (Å²) in [6.07, 6.45) is 9.76. The van der Waals surface area contributed by atoms with Crippen molar-refractivity contribution in [1.82, 2.24) is 9.80 Å². The van der Waals surface area contributed by atoms with Gasteiger partial charge in [-0.15, -0.1) is 0 Å². The third-order valence-electron chi connectivity index (χ3n) is 2.24. The zero-order valence-corrected chi connectivity index (χ0v) is 11.9. The van der Waals surface area contributed by atoms with Crippen LogP contribution in [-0.4, -0.2) is 30.1 Å². The van der Waals surface area contributed by atoms with Gasteiger partial charge in [-0.3, -0.25) is 0 Å². The standard InChI is InChI=1S/C10H20N2.F6P/c1-3-4-5-6-7-12-9-8-11(2)10-12;1-7(2,3,4,5)6/h8-9H,3-7,10H2,1-2H3;/q;-1/p+1. The van der Waals surface area contributed by atoms with Crippen molar-refractivity contribution in [3.63, 3.8) is 0 Å². The zero-order valence-electron chi connectivity index (χ0n) is 12.0. The number of hydrogen-bond acceptors (Lipinski definition) is 2. The number of halogens is 6. The van der Waals surface area contributed by atoms with Gasteiger partial charge < -0.3 is 9.80 Å². The van der Waals surface area contributed by atoms with Crippen LogP contribution in [0.25, 0.3) is 0 Å². The molecule has 0 unspecified atom stereocenters. The van der Waals surface area contributed by atoms with E-state index in [9.17, 15) is 25.2 Å². The second-order valence-corrected chi connectivity index (χ2v) is 6.44. The van der Waals surface area contributed by atoms with E-state index in [2.05, 4.69) is 36.2 Å². The van der Waals surface area contributed by atoms with Crippen molar-refractivity contribution in [1.29, 1.82) is 0 Å². The fraction of sp³-hybridized carbons (Fsp3) is 0.800. The van der Waals surface area contributed by atoms with Crippen molar-refractivity contribution < 1.29 is 26.6 Å². The van der Waals surface area contributed by atoms with Gasteiger partial charge in [0.2, 0.25) is 0 Å².